The molecule has 0 spiro atoms. The Hall–Kier alpha value is -1.02. The molecule has 23 heavy (non-hydrogen) atoms. The van der Waals surface area contributed by atoms with Crippen LogP contribution in [-0.4, -0.2) is 62.7 Å². The van der Waals surface area contributed by atoms with Crippen molar-refractivity contribution in [1.82, 2.24) is 13.5 Å². The summed E-state index contributed by atoms with van der Waals surface area (Å²) in [5.41, 5.74) is 0.388. The van der Waals surface area contributed by atoms with Crippen LogP contribution in [0.15, 0.2) is 24.3 Å². The lowest BCUT2D eigenvalue weighted by Gasteiger charge is -2.28. The van der Waals surface area contributed by atoms with Gasteiger partial charge in [-0.3, -0.25) is 0 Å². The van der Waals surface area contributed by atoms with Crippen molar-refractivity contribution in [2.24, 2.45) is 0 Å². The van der Waals surface area contributed by atoms with Crippen molar-refractivity contribution in [2.45, 2.75) is 26.3 Å². The number of halogens is 1. The molecule has 0 aliphatic rings. The second kappa shape index (κ2) is 9.32. The van der Waals surface area contributed by atoms with Gasteiger partial charge in [0.15, 0.2) is 0 Å². The van der Waals surface area contributed by atoms with Gasteiger partial charge in [0.05, 0.1) is 0 Å². The summed E-state index contributed by atoms with van der Waals surface area (Å²) in [5.74, 6) is -0.381. The molecule has 0 atom stereocenters. The third-order valence-corrected chi connectivity index (χ3v) is 5.58. The number of hydrogen-bond acceptors (Lipinski definition) is 3. The van der Waals surface area contributed by atoms with Gasteiger partial charge in [-0.25, -0.2) is 4.39 Å². The fourth-order valence-corrected chi connectivity index (χ4v) is 3.47. The lowest BCUT2D eigenvalue weighted by Crippen LogP contribution is -2.44. The third kappa shape index (κ3) is 6.18. The van der Waals surface area contributed by atoms with E-state index in [2.05, 4.69) is 0 Å². The van der Waals surface area contributed by atoms with Gasteiger partial charge in [-0.2, -0.15) is 17.0 Å². The monoisotopic (exact) mass is 345 g/mol. The van der Waals surface area contributed by atoms with Crippen LogP contribution in [0.3, 0.4) is 0 Å². The maximum atomic E-state index is 13.9. The zero-order valence-electron chi connectivity index (χ0n) is 14.5. The molecule has 1 aromatic carbocycles. The average Bonchev–Trinajstić information content (AvgIpc) is 2.50. The van der Waals surface area contributed by atoms with Crippen molar-refractivity contribution in [1.29, 1.82) is 0 Å². The minimum Gasteiger partial charge on any atom is -0.308 e. The van der Waals surface area contributed by atoms with E-state index in [4.69, 9.17) is 0 Å². The Bertz CT molecular complexity index is 578. The molecule has 0 fully saturated rings. The predicted molar refractivity (Wildman–Crippen MR) is 91.8 cm³/mol. The van der Waals surface area contributed by atoms with Crippen molar-refractivity contribution in [3.05, 3.63) is 35.6 Å². The van der Waals surface area contributed by atoms with Crippen LogP contribution in [-0.2, 0) is 16.8 Å². The van der Waals surface area contributed by atoms with Crippen molar-refractivity contribution < 1.29 is 12.8 Å². The van der Waals surface area contributed by atoms with Crippen LogP contribution in [0.1, 0.15) is 25.3 Å². The summed E-state index contributed by atoms with van der Waals surface area (Å²) in [6, 6.07) is 6.30. The van der Waals surface area contributed by atoms with E-state index in [1.807, 2.05) is 25.9 Å². The number of unbranched alkanes of at least 4 members (excludes halogenated alkanes) is 1. The molecule has 132 valence electrons. The largest absolute Gasteiger partial charge is 0.308 e. The Balaban J connectivity index is 2.97. The maximum Gasteiger partial charge on any atom is 0.282 e. The lowest BCUT2D eigenvalue weighted by atomic mass is 10.2. The van der Waals surface area contributed by atoms with E-state index >= 15 is 0 Å². The van der Waals surface area contributed by atoms with Gasteiger partial charge in [-0.1, -0.05) is 31.5 Å². The highest BCUT2D eigenvalue weighted by Gasteiger charge is 2.27. The number of hydrogen-bond donors (Lipinski definition) is 0. The molecule has 0 N–H and O–H groups in total. The van der Waals surface area contributed by atoms with Gasteiger partial charge in [0.25, 0.3) is 10.2 Å². The number of likely N-dealkylation sites (N-methyl/N-ethyl adjacent to an activating group) is 1. The zero-order valence-corrected chi connectivity index (χ0v) is 15.3. The lowest BCUT2D eigenvalue weighted by molar-refractivity contribution is 0.305. The van der Waals surface area contributed by atoms with Crippen molar-refractivity contribution in [3.8, 4) is 0 Å². The molecule has 0 bridgehead atoms. The summed E-state index contributed by atoms with van der Waals surface area (Å²) >= 11 is 0. The van der Waals surface area contributed by atoms with Crippen LogP contribution >= 0.6 is 0 Å². The Morgan fingerprint density at radius 2 is 1.70 bits per heavy atom. The van der Waals surface area contributed by atoms with Crippen LogP contribution in [0.25, 0.3) is 0 Å². The van der Waals surface area contributed by atoms with Crippen molar-refractivity contribution in [2.75, 3.05) is 40.8 Å². The molecule has 0 aromatic heterocycles. The molecular formula is C16H28FN3O2S. The molecule has 0 aliphatic heterocycles. The van der Waals surface area contributed by atoms with Gasteiger partial charge in [-0.15, -0.1) is 0 Å². The van der Waals surface area contributed by atoms with Crippen LogP contribution in [0.2, 0.25) is 0 Å². The number of benzene rings is 1. The summed E-state index contributed by atoms with van der Waals surface area (Å²) in [4.78, 5) is 1.91. The van der Waals surface area contributed by atoms with E-state index in [1.165, 1.54) is 14.7 Å². The normalized spacial score (nSPS) is 12.5. The van der Waals surface area contributed by atoms with E-state index in [-0.39, 0.29) is 12.4 Å². The maximum absolute atomic E-state index is 13.9. The number of rotatable bonds is 10. The Morgan fingerprint density at radius 3 is 2.26 bits per heavy atom. The van der Waals surface area contributed by atoms with Gasteiger partial charge in [-0.05, 0) is 26.6 Å². The zero-order chi connectivity index (χ0) is 17.5. The van der Waals surface area contributed by atoms with E-state index in [0.717, 1.165) is 12.8 Å². The topological polar surface area (TPSA) is 43.9 Å². The fraction of sp³-hybridized carbons (Fsp3) is 0.625. The summed E-state index contributed by atoms with van der Waals surface area (Å²) < 4.78 is 42.1. The van der Waals surface area contributed by atoms with Crippen molar-refractivity contribution >= 4 is 10.2 Å². The smallest absolute Gasteiger partial charge is 0.282 e. The minimum atomic E-state index is -3.61. The summed E-state index contributed by atoms with van der Waals surface area (Å²) in [6.07, 6.45) is 1.72. The van der Waals surface area contributed by atoms with E-state index in [9.17, 15) is 12.8 Å². The van der Waals surface area contributed by atoms with Crippen LogP contribution in [0.5, 0.6) is 0 Å². The van der Waals surface area contributed by atoms with Crippen LogP contribution in [0, 0.1) is 5.82 Å². The Kier molecular flexibility index (Phi) is 8.11. The molecule has 0 amide bonds. The molecule has 1 rings (SSSR count). The summed E-state index contributed by atoms with van der Waals surface area (Å²) in [6.45, 7) is 3.42. The van der Waals surface area contributed by atoms with Gasteiger partial charge < -0.3 is 4.90 Å². The molecule has 7 heteroatoms. The first-order chi connectivity index (χ1) is 10.8. The van der Waals surface area contributed by atoms with E-state index < -0.39 is 10.2 Å². The third-order valence-electron chi connectivity index (χ3n) is 3.65. The molecule has 0 unspecified atom stereocenters. The molecule has 0 aliphatic carbocycles. The first-order valence-corrected chi connectivity index (χ1v) is 9.28. The summed E-state index contributed by atoms with van der Waals surface area (Å²) in [7, 11) is 1.74. The molecule has 0 radical (unpaired) electrons. The highest BCUT2D eigenvalue weighted by atomic mass is 32.2. The fourth-order valence-electron chi connectivity index (χ4n) is 2.10. The SMILES string of the molecule is CCCCN(C)S(=O)(=O)N(CCN(C)C)Cc1ccccc1F. The summed E-state index contributed by atoms with van der Waals surface area (Å²) in [5, 5.41) is 0. The quantitative estimate of drug-likeness (QED) is 0.653. The van der Waals surface area contributed by atoms with Gasteiger partial charge >= 0.3 is 0 Å². The molecular weight excluding hydrogens is 317 g/mol. The molecule has 1 aromatic rings. The van der Waals surface area contributed by atoms with Crippen molar-refractivity contribution in [3.63, 3.8) is 0 Å². The molecule has 0 saturated carbocycles. The first kappa shape index (κ1) is 20.0. The first-order valence-electron chi connectivity index (χ1n) is 7.88. The second-order valence-electron chi connectivity index (χ2n) is 5.91. The Morgan fingerprint density at radius 1 is 1.04 bits per heavy atom. The average molecular weight is 345 g/mol. The highest BCUT2D eigenvalue weighted by molar-refractivity contribution is 7.86. The number of nitrogens with zero attached hydrogens (tertiary/aromatic N) is 3. The minimum absolute atomic E-state index is 0.0410. The molecule has 0 heterocycles. The van der Waals surface area contributed by atoms with Gasteiger partial charge in [0, 0.05) is 38.8 Å². The van der Waals surface area contributed by atoms with Gasteiger partial charge in [0.2, 0.25) is 0 Å². The highest BCUT2D eigenvalue weighted by Crippen LogP contribution is 2.15. The molecule has 5 nitrogen and oxygen atoms in total. The van der Waals surface area contributed by atoms with Crippen LogP contribution < -0.4 is 0 Å². The predicted octanol–water partition coefficient (Wildman–Crippen LogP) is 2.17. The Labute approximate surface area is 139 Å². The van der Waals surface area contributed by atoms with Gasteiger partial charge in [0.1, 0.15) is 5.82 Å². The standard InChI is InChI=1S/C16H28FN3O2S/c1-5-6-11-19(4)23(21,22)20(13-12-18(2)3)14-15-9-7-8-10-16(15)17/h7-10H,5-6,11-14H2,1-4H3. The molecule has 0 saturated heterocycles. The van der Waals surface area contributed by atoms with E-state index in [1.54, 1.807) is 25.2 Å². The van der Waals surface area contributed by atoms with E-state index in [0.29, 0.717) is 25.2 Å². The van der Waals surface area contributed by atoms with Crippen LogP contribution in [0.4, 0.5) is 4.39 Å². The second-order valence-corrected chi connectivity index (χ2v) is 7.95.